The van der Waals surface area contributed by atoms with Crippen LogP contribution in [0.1, 0.15) is 22.3 Å². The maximum absolute atomic E-state index is 2.70. The number of para-hydroxylation sites is 3. The summed E-state index contributed by atoms with van der Waals surface area (Å²) in [7, 11) is -2.70. The van der Waals surface area contributed by atoms with Gasteiger partial charge in [-0.05, 0) is 108 Å². The Hall–Kier alpha value is -9.54. The molecule has 0 atom stereocenters. The molecule has 0 saturated heterocycles. The van der Waals surface area contributed by atoms with Crippen molar-refractivity contribution >= 4 is 72.4 Å². The summed E-state index contributed by atoms with van der Waals surface area (Å²) >= 11 is 0. The smallest absolute Gasteiger partial charge is 0.179 e. The minimum atomic E-state index is -2.70. The van der Waals surface area contributed by atoms with Gasteiger partial charge in [0.05, 0.1) is 27.5 Å². The lowest BCUT2D eigenvalue weighted by molar-refractivity contribution is 0.768. The molecule has 2 aromatic heterocycles. The highest BCUT2D eigenvalue weighted by Crippen LogP contribution is 2.57. The molecular formula is C73H50N2Si. The second-order valence-electron chi connectivity index (χ2n) is 20.3. The summed E-state index contributed by atoms with van der Waals surface area (Å²) in [5, 5.41) is 10.4. The Morgan fingerprint density at radius 1 is 0.263 bits per heavy atom. The third kappa shape index (κ3) is 6.40. The van der Waals surface area contributed by atoms with E-state index in [0.29, 0.717) is 0 Å². The van der Waals surface area contributed by atoms with Crippen LogP contribution in [0.5, 0.6) is 0 Å². The highest BCUT2D eigenvalue weighted by atomic mass is 28.3. The molecule has 0 N–H and O–H groups in total. The predicted octanol–water partition coefficient (Wildman–Crippen LogP) is 15.3. The fourth-order valence-electron chi connectivity index (χ4n) is 13.4. The van der Waals surface area contributed by atoms with Crippen LogP contribution in [0.2, 0.25) is 0 Å². The minimum absolute atomic E-state index is 0.455. The van der Waals surface area contributed by atoms with Gasteiger partial charge in [-0.1, -0.05) is 255 Å². The van der Waals surface area contributed by atoms with Gasteiger partial charge >= 0.3 is 0 Å². The van der Waals surface area contributed by atoms with Crippen LogP contribution in [0.15, 0.2) is 303 Å². The van der Waals surface area contributed by atoms with E-state index in [2.05, 4.69) is 312 Å². The number of aromatic nitrogens is 2. The Bertz CT molecular complexity index is 4350. The highest BCUT2D eigenvalue weighted by Gasteiger charge is 2.46. The fourth-order valence-corrected chi connectivity index (χ4v) is 18.2. The molecule has 356 valence electrons. The van der Waals surface area contributed by atoms with E-state index in [1.807, 2.05) is 0 Å². The average molecular weight is 983 g/mol. The van der Waals surface area contributed by atoms with E-state index in [9.17, 15) is 0 Å². The molecule has 0 unspecified atom stereocenters. The molecule has 1 aliphatic carbocycles. The van der Waals surface area contributed by atoms with Crippen LogP contribution in [-0.4, -0.2) is 17.2 Å². The Balaban J connectivity index is 0.905. The molecule has 0 fully saturated rings. The summed E-state index contributed by atoms with van der Waals surface area (Å²) in [6.45, 7) is 0. The topological polar surface area (TPSA) is 9.86 Å². The zero-order valence-electron chi connectivity index (χ0n) is 41.8. The molecule has 3 heteroatoms. The Kier molecular flexibility index (Phi) is 10.2. The van der Waals surface area contributed by atoms with E-state index in [0.717, 1.165) is 11.4 Å². The van der Waals surface area contributed by atoms with E-state index in [1.165, 1.54) is 109 Å². The first-order chi connectivity index (χ1) is 37.7. The van der Waals surface area contributed by atoms with Crippen LogP contribution in [0.25, 0.3) is 77.2 Å². The summed E-state index contributed by atoms with van der Waals surface area (Å²) in [5.74, 6) is 0. The fraction of sp³-hybridized carbons (Fsp3) is 0.0137. The number of hydrogen-bond acceptors (Lipinski definition) is 0. The van der Waals surface area contributed by atoms with Crippen molar-refractivity contribution in [1.82, 2.24) is 9.13 Å². The summed E-state index contributed by atoms with van der Waals surface area (Å²) < 4.78 is 4.97. The Morgan fingerprint density at radius 2 is 0.711 bits per heavy atom. The lowest BCUT2D eigenvalue weighted by Gasteiger charge is -2.34. The molecule has 0 spiro atoms. The number of rotatable bonds is 9. The van der Waals surface area contributed by atoms with Crippen molar-refractivity contribution in [3.8, 4) is 33.6 Å². The second-order valence-corrected chi connectivity index (χ2v) is 24.1. The van der Waals surface area contributed by atoms with Gasteiger partial charge in [0.15, 0.2) is 8.07 Å². The SMILES string of the molecule is c1ccc(C2(c3ccccc3)c3ccccc3-c3cc(-c4cccc5c6ccccc6n(-c6ccc7c(c6)c6ccccc6n7-c6ccc([Si](c7ccccc7)(c7ccccc7)c7ccccc7)cc6)c45)ccc32)cc1. The van der Waals surface area contributed by atoms with Gasteiger partial charge in [-0.15, -0.1) is 0 Å². The lowest BCUT2D eigenvalue weighted by Crippen LogP contribution is -2.74. The minimum Gasteiger partial charge on any atom is -0.309 e. The van der Waals surface area contributed by atoms with Gasteiger partial charge in [-0.25, -0.2) is 0 Å². The van der Waals surface area contributed by atoms with Crippen molar-refractivity contribution in [2.45, 2.75) is 5.41 Å². The van der Waals surface area contributed by atoms with Crippen LogP contribution >= 0.6 is 0 Å². The van der Waals surface area contributed by atoms with Gasteiger partial charge in [-0.3, -0.25) is 0 Å². The van der Waals surface area contributed by atoms with Gasteiger partial charge in [0.25, 0.3) is 0 Å². The van der Waals surface area contributed by atoms with Crippen molar-refractivity contribution < 1.29 is 0 Å². The van der Waals surface area contributed by atoms with Crippen molar-refractivity contribution in [3.63, 3.8) is 0 Å². The van der Waals surface area contributed by atoms with Crippen LogP contribution in [0.4, 0.5) is 0 Å². The van der Waals surface area contributed by atoms with Crippen LogP contribution in [0.3, 0.4) is 0 Å². The first kappa shape index (κ1) is 44.0. The van der Waals surface area contributed by atoms with Gasteiger partial charge < -0.3 is 9.13 Å². The largest absolute Gasteiger partial charge is 0.309 e. The lowest BCUT2D eigenvalue weighted by atomic mass is 9.67. The van der Waals surface area contributed by atoms with E-state index in [1.54, 1.807) is 0 Å². The molecule has 0 amide bonds. The molecule has 2 heterocycles. The number of hydrogen-bond donors (Lipinski definition) is 0. The van der Waals surface area contributed by atoms with Gasteiger partial charge in [-0.2, -0.15) is 0 Å². The Labute approximate surface area is 443 Å². The zero-order valence-corrected chi connectivity index (χ0v) is 42.8. The molecule has 14 aromatic rings. The summed E-state index contributed by atoms with van der Waals surface area (Å²) in [5.41, 5.74) is 16.7. The Morgan fingerprint density at radius 3 is 1.33 bits per heavy atom. The maximum Gasteiger partial charge on any atom is 0.179 e. The van der Waals surface area contributed by atoms with Crippen molar-refractivity contribution in [1.29, 1.82) is 0 Å². The molecule has 0 saturated carbocycles. The average Bonchev–Trinajstić information content (AvgIpc) is 4.18. The molecule has 15 rings (SSSR count). The van der Waals surface area contributed by atoms with E-state index >= 15 is 0 Å². The maximum atomic E-state index is 2.51. The standard InChI is InChI=1S/C73H50N2Si/c1-6-23-52(24-7-1)73(53-25-8-2-9-26-53)67-38-19-16-33-61(67)65-49-51(41-47-68(65)73)60-36-22-37-64-62-34-17-21-40-70(62)75(72(60)64)55-44-48-71-66(50-55)63-35-18-20-39-69(63)74(71)54-42-45-59(46-43-54)76(56-27-10-3-11-28-56,57-29-12-4-13-30-57)58-31-14-5-15-32-58/h1-50H. The molecule has 1 aliphatic rings. The second kappa shape index (κ2) is 17.6. The van der Waals surface area contributed by atoms with Crippen molar-refractivity contribution in [3.05, 3.63) is 326 Å². The van der Waals surface area contributed by atoms with E-state index in [4.69, 9.17) is 0 Å². The summed E-state index contributed by atoms with van der Waals surface area (Å²) in [6, 6.07) is 113. The van der Waals surface area contributed by atoms with E-state index < -0.39 is 13.5 Å². The monoisotopic (exact) mass is 982 g/mol. The van der Waals surface area contributed by atoms with Crippen LogP contribution < -0.4 is 20.7 Å². The molecule has 0 radical (unpaired) electrons. The third-order valence-electron chi connectivity index (χ3n) is 16.6. The highest BCUT2D eigenvalue weighted by molar-refractivity contribution is 7.19. The molecule has 2 nitrogen and oxygen atoms in total. The molecule has 0 aliphatic heterocycles. The zero-order chi connectivity index (χ0) is 50.2. The molecule has 76 heavy (non-hydrogen) atoms. The molecule has 0 bridgehead atoms. The number of nitrogens with zero attached hydrogens (tertiary/aromatic N) is 2. The number of fused-ring (bicyclic) bond motifs is 9. The first-order valence-corrected chi connectivity index (χ1v) is 28.4. The first-order valence-electron chi connectivity index (χ1n) is 26.4. The predicted molar refractivity (Wildman–Crippen MR) is 321 cm³/mol. The van der Waals surface area contributed by atoms with Gasteiger partial charge in [0.2, 0.25) is 0 Å². The van der Waals surface area contributed by atoms with Gasteiger partial charge in [0, 0.05) is 38.5 Å². The van der Waals surface area contributed by atoms with Crippen molar-refractivity contribution in [2.75, 3.05) is 0 Å². The molecule has 12 aromatic carbocycles. The van der Waals surface area contributed by atoms with Gasteiger partial charge in [0.1, 0.15) is 0 Å². The number of benzene rings is 12. The normalized spacial score (nSPS) is 12.8. The van der Waals surface area contributed by atoms with E-state index in [-0.39, 0.29) is 0 Å². The van der Waals surface area contributed by atoms with Crippen LogP contribution in [-0.2, 0) is 5.41 Å². The van der Waals surface area contributed by atoms with Crippen molar-refractivity contribution in [2.24, 2.45) is 0 Å². The summed E-state index contributed by atoms with van der Waals surface area (Å²) in [6.07, 6.45) is 0. The quantitative estimate of drug-likeness (QED) is 0.101. The molecular weight excluding hydrogens is 933 g/mol. The van der Waals surface area contributed by atoms with Crippen LogP contribution in [0, 0.1) is 0 Å². The third-order valence-corrected chi connectivity index (χ3v) is 21.4. The summed E-state index contributed by atoms with van der Waals surface area (Å²) in [4.78, 5) is 0.